The van der Waals surface area contributed by atoms with Gasteiger partial charge in [0.25, 0.3) is 0 Å². The highest BCUT2D eigenvalue weighted by molar-refractivity contribution is 4.74. The topological polar surface area (TPSA) is 51.2 Å². The van der Waals surface area contributed by atoms with Crippen molar-refractivity contribution in [3.8, 4) is 0 Å². The number of nitrogens with zero attached hydrogens (tertiary/aromatic N) is 1. The van der Waals surface area contributed by atoms with E-state index in [2.05, 4.69) is 4.90 Å². The molecule has 2 fully saturated rings. The van der Waals surface area contributed by atoms with Crippen molar-refractivity contribution in [1.29, 1.82) is 0 Å². The first-order valence-corrected chi connectivity index (χ1v) is 6.56. The molecule has 2 rings (SSSR count). The fourth-order valence-electron chi connectivity index (χ4n) is 2.30. The third kappa shape index (κ3) is 4.19. The van der Waals surface area contributed by atoms with Crippen LogP contribution in [-0.2, 0) is 14.2 Å². The Labute approximate surface area is 103 Å². The lowest BCUT2D eigenvalue weighted by atomic mass is 10.2. The minimum absolute atomic E-state index is 0.0163. The van der Waals surface area contributed by atoms with E-state index in [0.717, 1.165) is 39.1 Å². The summed E-state index contributed by atoms with van der Waals surface area (Å²) in [4.78, 5) is 2.23. The van der Waals surface area contributed by atoms with Gasteiger partial charge in [-0.25, -0.2) is 0 Å². The number of hydrogen-bond acceptors (Lipinski definition) is 5. The molecule has 2 heterocycles. The first-order valence-electron chi connectivity index (χ1n) is 6.56. The van der Waals surface area contributed by atoms with Crippen molar-refractivity contribution in [3.63, 3.8) is 0 Å². The zero-order valence-corrected chi connectivity index (χ0v) is 10.3. The maximum atomic E-state index is 9.22. The molecule has 0 amide bonds. The van der Waals surface area contributed by atoms with Crippen molar-refractivity contribution < 1.29 is 19.3 Å². The minimum atomic E-state index is -0.0163. The Balaban J connectivity index is 1.62. The molecule has 5 nitrogen and oxygen atoms in total. The lowest BCUT2D eigenvalue weighted by Crippen LogP contribution is -2.48. The summed E-state index contributed by atoms with van der Waals surface area (Å²) in [6.07, 6.45) is 3.33. The van der Waals surface area contributed by atoms with Crippen molar-refractivity contribution in [3.05, 3.63) is 0 Å². The molecule has 0 aromatic carbocycles. The van der Waals surface area contributed by atoms with Gasteiger partial charge >= 0.3 is 0 Å². The SMILES string of the molecule is OCC1COCCN1CCOC1CCCCO1. The predicted octanol–water partition coefficient (Wildman–Crippen LogP) is 0.223. The van der Waals surface area contributed by atoms with Gasteiger partial charge in [0.1, 0.15) is 0 Å². The van der Waals surface area contributed by atoms with Gasteiger partial charge in [-0.05, 0) is 19.3 Å². The molecule has 1 N–H and O–H groups in total. The van der Waals surface area contributed by atoms with Gasteiger partial charge < -0.3 is 19.3 Å². The summed E-state index contributed by atoms with van der Waals surface area (Å²) in [5.41, 5.74) is 0. The van der Waals surface area contributed by atoms with Crippen LogP contribution in [0, 0.1) is 0 Å². The van der Waals surface area contributed by atoms with Gasteiger partial charge in [0, 0.05) is 19.7 Å². The average Bonchev–Trinajstić information content (AvgIpc) is 2.40. The van der Waals surface area contributed by atoms with E-state index >= 15 is 0 Å². The maximum Gasteiger partial charge on any atom is 0.157 e. The van der Waals surface area contributed by atoms with Crippen LogP contribution in [0.4, 0.5) is 0 Å². The number of hydrogen-bond donors (Lipinski definition) is 1. The summed E-state index contributed by atoms with van der Waals surface area (Å²) in [7, 11) is 0. The fraction of sp³-hybridized carbons (Fsp3) is 1.00. The molecule has 2 unspecified atom stereocenters. The summed E-state index contributed by atoms with van der Waals surface area (Å²) in [6.45, 7) is 4.73. The molecule has 0 aromatic heterocycles. The summed E-state index contributed by atoms with van der Waals surface area (Å²) >= 11 is 0. The van der Waals surface area contributed by atoms with E-state index in [1.807, 2.05) is 0 Å². The van der Waals surface area contributed by atoms with Gasteiger partial charge in [0.05, 0.1) is 32.5 Å². The number of ether oxygens (including phenoxy) is 3. The van der Waals surface area contributed by atoms with Crippen molar-refractivity contribution in [2.24, 2.45) is 0 Å². The van der Waals surface area contributed by atoms with Crippen LogP contribution in [0.15, 0.2) is 0 Å². The Hall–Kier alpha value is -0.200. The Morgan fingerprint density at radius 3 is 3.00 bits per heavy atom. The number of aliphatic hydroxyl groups is 1. The molecule has 17 heavy (non-hydrogen) atoms. The molecular formula is C12H23NO4. The lowest BCUT2D eigenvalue weighted by molar-refractivity contribution is -0.167. The summed E-state index contributed by atoms with van der Waals surface area (Å²) in [5, 5.41) is 9.22. The highest BCUT2D eigenvalue weighted by Crippen LogP contribution is 2.14. The first kappa shape index (κ1) is 13.2. The quantitative estimate of drug-likeness (QED) is 0.751. The van der Waals surface area contributed by atoms with Gasteiger partial charge in [-0.15, -0.1) is 0 Å². The van der Waals surface area contributed by atoms with Crippen LogP contribution in [-0.4, -0.2) is 68.5 Å². The zero-order chi connectivity index (χ0) is 11.9. The van der Waals surface area contributed by atoms with Crippen LogP contribution < -0.4 is 0 Å². The van der Waals surface area contributed by atoms with Gasteiger partial charge in [-0.1, -0.05) is 0 Å². The first-order chi connectivity index (χ1) is 8.40. The zero-order valence-electron chi connectivity index (χ0n) is 10.3. The molecule has 2 saturated heterocycles. The smallest absolute Gasteiger partial charge is 0.157 e. The number of rotatable bonds is 5. The number of morpholine rings is 1. The molecular weight excluding hydrogens is 222 g/mol. The minimum Gasteiger partial charge on any atom is -0.395 e. The molecule has 0 aromatic rings. The van der Waals surface area contributed by atoms with Crippen LogP contribution in [0.25, 0.3) is 0 Å². The monoisotopic (exact) mass is 245 g/mol. The van der Waals surface area contributed by atoms with E-state index < -0.39 is 0 Å². The van der Waals surface area contributed by atoms with E-state index in [-0.39, 0.29) is 18.9 Å². The maximum absolute atomic E-state index is 9.22. The van der Waals surface area contributed by atoms with Crippen molar-refractivity contribution >= 4 is 0 Å². The van der Waals surface area contributed by atoms with Crippen LogP contribution in [0.1, 0.15) is 19.3 Å². The highest BCUT2D eigenvalue weighted by Gasteiger charge is 2.22. The molecule has 0 bridgehead atoms. The fourth-order valence-corrected chi connectivity index (χ4v) is 2.30. The molecule has 100 valence electrons. The standard InChI is InChI=1S/C12H23NO4/c14-9-11-10-15-7-4-13(11)5-8-17-12-3-1-2-6-16-12/h11-12,14H,1-10H2. The molecule has 0 spiro atoms. The van der Waals surface area contributed by atoms with E-state index in [9.17, 15) is 5.11 Å². The van der Waals surface area contributed by atoms with Crippen LogP contribution in [0.2, 0.25) is 0 Å². The van der Waals surface area contributed by atoms with Gasteiger partial charge in [0.15, 0.2) is 6.29 Å². The summed E-state index contributed by atoms with van der Waals surface area (Å²) in [5.74, 6) is 0. The largest absolute Gasteiger partial charge is 0.395 e. The van der Waals surface area contributed by atoms with Gasteiger partial charge in [-0.3, -0.25) is 4.90 Å². The van der Waals surface area contributed by atoms with E-state index in [4.69, 9.17) is 14.2 Å². The third-order valence-electron chi connectivity index (χ3n) is 3.38. The van der Waals surface area contributed by atoms with Crippen LogP contribution in [0.3, 0.4) is 0 Å². The van der Waals surface area contributed by atoms with E-state index in [1.165, 1.54) is 6.42 Å². The second-order valence-corrected chi connectivity index (χ2v) is 4.61. The van der Waals surface area contributed by atoms with E-state index in [0.29, 0.717) is 13.2 Å². The normalized spacial score (nSPS) is 31.6. The van der Waals surface area contributed by atoms with Crippen molar-refractivity contribution in [2.45, 2.75) is 31.6 Å². The second-order valence-electron chi connectivity index (χ2n) is 4.61. The highest BCUT2D eigenvalue weighted by atomic mass is 16.7. The van der Waals surface area contributed by atoms with Crippen molar-refractivity contribution in [2.75, 3.05) is 46.1 Å². The molecule has 5 heteroatoms. The molecule has 0 radical (unpaired) electrons. The van der Waals surface area contributed by atoms with Crippen LogP contribution in [0.5, 0.6) is 0 Å². The van der Waals surface area contributed by atoms with Gasteiger partial charge in [-0.2, -0.15) is 0 Å². The molecule has 0 aliphatic carbocycles. The van der Waals surface area contributed by atoms with Crippen molar-refractivity contribution in [1.82, 2.24) is 4.90 Å². The summed E-state index contributed by atoms with van der Waals surface area (Å²) in [6, 6.07) is 0.125. The Morgan fingerprint density at radius 2 is 2.24 bits per heavy atom. The second kappa shape index (κ2) is 7.28. The van der Waals surface area contributed by atoms with Crippen LogP contribution >= 0.6 is 0 Å². The lowest BCUT2D eigenvalue weighted by Gasteiger charge is -2.34. The Morgan fingerprint density at radius 1 is 1.29 bits per heavy atom. The molecule has 2 aliphatic heterocycles. The van der Waals surface area contributed by atoms with E-state index in [1.54, 1.807) is 0 Å². The predicted molar refractivity (Wildman–Crippen MR) is 62.8 cm³/mol. The Kier molecular flexibility index (Phi) is 5.67. The number of aliphatic hydroxyl groups excluding tert-OH is 1. The summed E-state index contributed by atoms with van der Waals surface area (Å²) < 4.78 is 16.5. The molecule has 0 saturated carbocycles. The Bertz CT molecular complexity index is 209. The molecule has 2 atom stereocenters. The molecule has 2 aliphatic rings. The van der Waals surface area contributed by atoms with Gasteiger partial charge in [0.2, 0.25) is 0 Å². The third-order valence-corrected chi connectivity index (χ3v) is 3.38. The average molecular weight is 245 g/mol.